The van der Waals surface area contributed by atoms with Crippen LogP contribution in [0.4, 0.5) is 11.4 Å². The molecule has 2 aromatic rings. The Labute approximate surface area is 174 Å². The fraction of sp³-hybridized carbons (Fsp3) is 0.318. The number of hydrogen-bond acceptors (Lipinski definition) is 5. The number of carbonyl (C=O) groups excluding carboxylic acids is 3. The first kappa shape index (κ1) is 20.9. The Balaban J connectivity index is 1.72. The van der Waals surface area contributed by atoms with Gasteiger partial charge in [-0.3, -0.25) is 19.3 Å². The average Bonchev–Trinajstić information content (AvgIpc) is 3.08. The first-order valence-corrected chi connectivity index (χ1v) is 10.6. The van der Waals surface area contributed by atoms with Crippen LogP contribution in [0, 0.1) is 6.92 Å². The van der Waals surface area contributed by atoms with E-state index in [1.807, 2.05) is 49.4 Å². The molecule has 1 aliphatic heterocycles. The summed E-state index contributed by atoms with van der Waals surface area (Å²) in [5.41, 5.74) is 3.54. The van der Waals surface area contributed by atoms with Crippen molar-refractivity contribution >= 4 is 40.9 Å². The van der Waals surface area contributed by atoms with E-state index in [0.717, 1.165) is 16.8 Å². The molecule has 0 aromatic heterocycles. The molecule has 1 N–H and O–H groups in total. The third kappa shape index (κ3) is 5.38. The van der Waals surface area contributed by atoms with Crippen molar-refractivity contribution < 1.29 is 19.1 Å². The maximum atomic E-state index is 12.5. The number of ether oxygens (including phenoxy) is 1. The number of nitrogens with one attached hydrogen (secondary N) is 1. The number of amides is 2. The van der Waals surface area contributed by atoms with Gasteiger partial charge >= 0.3 is 5.97 Å². The van der Waals surface area contributed by atoms with Crippen molar-refractivity contribution in [1.29, 1.82) is 0 Å². The van der Waals surface area contributed by atoms with E-state index >= 15 is 0 Å². The number of hydrogen-bond donors (Lipinski definition) is 1. The van der Waals surface area contributed by atoms with Crippen molar-refractivity contribution in [2.75, 3.05) is 22.6 Å². The topological polar surface area (TPSA) is 75.7 Å². The van der Waals surface area contributed by atoms with E-state index in [9.17, 15) is 14.4 Å². The fourth-order valence-corrected chi connectivity index (χ4v) is 4.34. The van der Waals surface area contributed by atoms with E-state index in [1.165, 1.54) is 0 Å². The van der Waals surface area contributed by atoms with Crippen LogP contribution < -0.4 is 10.2 Å². The van der Waals surface area contributed by atoms with E-state index in [-0.39, 0.29) is 36.0 Å². The standard InChI is InChI=1S/C22H24N2O4S/c1-3-28-21(27)11-10-19(25)23-17-8-5-7-16(13-17)22-24(20(26)14-29-22)18-9-4-6-15(2)12-18/h4-9,12-13,22H,3,10-11,14H2,1-2H3,(H,23,25). The molecule has 0 bridgehead atoms. The van der Waals surface area contributed by atoms with Crippen molar-refractivity contribution in [2.45, 2.75) is 32.1 Å². The lowest BCUT2D eigenvalue weighted by Gasteiger charge is -2.25. The zero-order valence-electron chi connectivity index (χ0n) is 16.5. The second-order valence-corrected chi connectivity index (χ2v) is 7.81. The molecule has 0 radical (unpaired) electrons. The van der Waals surface area contributed by atoms with Crippen LogP contribution in [0.1, 0.15) is 36.3 Å². The predicted octanol–water partition coefficient (Wildman–Crippen LogP) is 4.06. The molecule has 1 unspecified atom stereocenters. The normalized spacial score (nSPS) is 16.0. The van der Waals surface area contributed by atoms with E-state index < -0.39 is 0 Å². The Kier molecular flexibility index (Phi) is 6.93. The molecule has 0 aliphatic carbocycles. The molecule has 2 amide bonds. The summed E-state index contributed by atoms with van der Waals surface area (Å²) in [7, 11) is 0. The van der Waals surface area contributed by atoms with Crippen LogP contribution in [-0.4, -0.2) is 30.1 Å². The number of nitrogens with zero attached hydrogens (tertiary/aromatic N) is 1. The first-order chi connectivity index (χ1) is 14.0. The van der Waals surface area contributed by atoms with Gasteiger partial charge in [-0.15, -0.1) is 11.8 Å². The van der Waals surface area contributed by atoms with Crippen LogP contribution in [-0.2, 0) is 19.1 Å². The van der Waals surface area contributed by atoms with Crippen LogP contribution >= 0.6 is 11.8 Å². The number of esters is 1. The van der Waals surface area contributed by atoms with Gasteiger partial charge in [0.15, 0.2) is 0 Å². The molecular weight excluding hydrogens is 388 g/mol. The number of rotatable bonds is 7. The minimum Gasteiger partial charge on any atom is -0.466 e. The lowest BCUT2D eigenvalue weighted by Crippen LogP contribution is -2.27. The maximum absolute atomic E-state index is 12.5. The highest BCUT2D eigenvalue weighted by atomic mass is 32.2. The van der Waals surface area contributed by atoms with Crippen LogP contribution in [0.25, 0.3) is 0 Å². The Morgan fingerprint density at radius 3 is 2.72 bits per heavy atom. The van der Waals surface area contributed by atoms with Crippen LogP contribution in [0.15, 0.2) is 48.5 Å². The summed E-state index contributed by atoms with van der Waals surface area (Å²) in [6.07, 6.45) is 0.114. The lowest BCUT2D eigenvalue weighted by molar-refractivity contribution is -0.144. The van der Waals surface area contributed by atoms with Gasteiger partial charge in [-0.25, -0.2) is 0 Å². The number of thioether (sulfide) groups is 1. The summed E-state index contributed by atoms with van der Waals surface area (Å²) < 4.78 is 4.84. The number of anilines is 2. The molecule has 152 valence electrons. The summed E-state index contributed by atoms with van der Waals surface area (Å²) in [5, 5.41) is 2.67. The van der Waals surface area contributed by atoms with Gasteiger partial charge in [0.05, 0.1) is 18.8 Å². The summed E-state index contributed by atoms with van der Waals surface area (Å²) in [6.45, 7) is 4.03. The van der Waals surface area contributed by atoms with Gasteiger partial charge in [-0.2, -0.15) is 0 Å². The summed E-state index contributed by atoms with van der Waals surface area (Å²) in [5.74, 6) is -0.157. The number of benzene rings is 2. The highest BCUT2D eigenvalue weighted by molar-refractivity contribution is 8.00. The molecule has 29 heavy (non-hydrogen) atoms. The van der Waals surface area contributed by atoms with Gasteiger partial charge in [0, 0.05) is 17.8 Å². The third-order valence-electron chi connectivity index (χ3n) is 4.46. The molecule has 3 rings (SSSR count). The van der Waals surface area contributed by atoms with E-state index in [4.69, 9.17) is 4.74 Å². The Morgan fingerprint density at radius 1 is 1.17 bits per heavy atom. The lowest BCUT2D eigenvalue weighted by atomic mass is 10.1. The van der Waals surface area contributed by atoms with Crippen molar-refractivity contribution in [3.8, 4) is 0 Å². The van der Waals surface area contributed by atoms with E-state index in [0.29, 0.717) is 18.0 Å². The van der Waals surface area contributed by atoms with Crippen LogP contribution in [0.5, 0.6) is 0 Å². The largest absolute Gasteiger partial charge is 0.466 e. The minimum atomic E-state index is -0.383. The molecule has 1 aliphatic rings. The van der Waals surface area contributed by atoms with Crippen LogP contribution in [0.2, 0.25) is 0 Å². The SMILES string of the molecule is CCOC(=O)CCC(=O)Nc1cccc(C2SCC(=O)N2c2cccc(C)c2)c1. The summed E-state index contributed by atoms with van der Waals surface area (Å²) in [4.78, 5) is 37.9. The van der Waals surface area contributed by atoms with E-state index in [2.05, 4.69) is 5.32 Å². The molecule has 6 nitrogen and oxygen atoms in total. The van der Waals surface area contributed by atoms with E-state index in [1.54, 1.807) is 29.7 Å². The minimum absolute atomic E-state index is 0.0491. The molecule has 1 atom stereocenters. The molecule has 0 saturated carbocycles. The highest BCUT2D eigenvalue weighted by Gasteiger charge is 2.34. The summed E-state index contributed by atoms with van der Waals surface area (Å²) >= 11 is 1.56. The quantitative estimate of drug-likeness (QED) is 0.694. The Hall–Kier alpha value is -2.80. The smallest absolute Gasteiger partial charge is 0.306 e. The van der Waals surface area contributed by atoms with Gasteiger partial charge in [0.25, 0.3) is 0 Å². The predicted molar refractivity (Wildman–Crippen MR) is 115 cm³/mol. The van der Waals surface area contributed by atoms with Gasteiger partial charge in [0.1, 0.15) is 5.37 Å². The van der Waals surface area contributed by atoms with Gasteiger partial charge < -0.3 is 10.1 Å². The zero-order chi connectivity index (χ0) is 20.8. The van der Waals surface area contributed by atoms with Crippen molar-refractivity contribution in [2.24, 2.45) is 0 Å². The molecule has 7 heteroatoms. The Morgan fingerprint density at radius 2 is 1.97 bits per heavy atom. The highest BCUT2D eigenvalue weighted by Crippen LogP contribution is 2.42. The Bertz CT molecular complexity index is 915. The van der Waals surface area contributed by atoms with Gasteiger partial charge in [-0.05, 0) is 49.2 Å². The molecule has 2 aromatic carbocycles. The molecular formula is C22H24N2O4S. The van der Waals surface area contributed by atoms with Gasteiger partial charge in [-0.1, -0.05) is 24.3 Å². The first-order valence-electron chi connectivity index (χ1n) is 9.53. The van der Waals surface area contributed by atoms with Crippen molar-refractivity contribution in [3.63, 3.8) is 0 Å². The summed E-state index contributed by atoms with van der Waals surface area (Å²) in [6, 6.07) is 15.4. The van der Waals surface area contributed by atoms with Gasteiger partial charge in [0.2, 0.25) is 11.8 Å². The van der Waals surface area contributed by atoms with Crippen molar-refractivity contribution in [3.05, 3.63) is 59.7 Å². The van der Waals surface area contributed by atoms with Crippen LogP contribution in [0.3, 0.4) is 0 Å². The monoisotopic (exact) mass is 412 g/mol. The second-order valence-electron chi connectivity index (χ2n) is 6.74. The average molecular weight is 413 g/mol. The number of aryl methyl sites for hydroxylation is 1. The maximum Gasteiger partial charge on any atom is 0.306 e. The second kappa shape index (κ2) is 9.60. The molecule has 1 heterocycles. The third-order valence-corrected chi connectivity index (χ3v) is 5.68. The molecule has 0 spiro atoms. The molecule has 1 fully saturated rings. The number of carbonyl (C=O) groups is 3. The fourth-order valence-electron chi connectivity index (χ4n) is 3.17. The van der Waals surface area contributed by atoms with Crippen molar-refractivity contribution in [1.82, 2.24) is 0 Å². The zero-order valence-corrected chi connectivity index (χ0v) is 17.3. The molecule has 1 saturated heterocycles.